The Balaban J connectivity index is 1.80. The van der Waals surface area contributed by atoms with Crippen LogP contribution < -0.4 is 0 Å². The van der Waals surface area contributed by atoms with E-state index in [4.69, 9.17) is 0 Å². The molecular formula is C17H18N6O2. The normalized spacial score (nSPS) is 17.6. The zero-order chi connectivity index (χ0) is 17.4. The van der Waals surface area contributed by atoms with Crippen molar-refractivity contribution in [2.75, 3.05) is 0 Å². The van der Waals surface area contributed by atoms with Gasteiger partial charge in [-0.25, -0.2) is 14.6 Å². The van der Waals surface area contributed by atoms with Crippen molar-refractivity contribution >= 4 is 11.0 Å². The monoisotopic (exact) mass is 338 g/mol. The Labute approximate surface area is 143 Å². The largest absolute Gasteiger partial charge is 0.493 e. The first-order valence-electron chi connectivity index (χ1n) is 8.33. The van der Waals surface area contributed by atoms with Gasteiger partial charge in [0.1, 0.15) is 12.0 Å². The van der Waals surface area contributed by atoms with Crippen molar-refractivity contribution < 1.29 is 10.2 Å². The Kier molecular flexibility index (Phi) is 3.86. The van der Waals surface area contributed by atoms with Crippen molar-refractivity contribution in [3.05, 3.63) is 24.8 Å². The quantitative estimate of drug-likeness (QED) is 0.626. The fourth-order valence-corrected chi connectivity index (χ4v) is 3.79. The third kappa shape index (κ3) is 2.53. The minimum atomic E-state index is -1.22. The van der Waals surface area contributed by atoms with E-state index in [2.05, 4.69) is 20.1 Å². The van der Waals surface area contributed by atoms with E-state index in [-0.39, 0.29) is 11.8 Å². The molecule has 0 aliphatic heterocycles. The van der Waals surface area contributed by atoms with Gasteiger partial charge >= 0.3 is 0 Å². The Morgan fingerprint density at radius 3 is 2.88 bits per heavy atom. The van der Waals surface area contributed by atoms with E-state index in [1.54, 1.807) is 6.20 Å². The molecule has 3 N–H and O–H groups in total. The number of nitrogens with one attached hydrogen (secondary N) is 1. The van der Waals surface area contributed by atoms with Crippen molar-refractivity contribution in [3.8, 4) is 23.2 Å². The highest BCUT2D eigenvalue weighted by Gasteiger charge is 2.35. The van der Waals surface area contributed by atoms with E-state index in [0.29, 0.717) is 16.9 Å². The fraction of sp³-hybridized carbons (Fsp3) is 0.412. The maximum Gasteiger partial charge on any atom is 0.219 e. The minimum Gasteiger partial charge on any atom is -0.493 e. The van der Waals surface area contributed by atoms with Gasteiger partial charge in [0, 0.05) is 11.6 Å². The Bertz CT molecular complexity index is 934. The molecule has 1 aliphatic carbocycles. The molecule has 8 nitrogen and oxygen atoms in total. The number of hydrogen-bond acceptors (Lipinski definition) is 6. The summed E-state index contributed by atoms with van der Waals surface area (Å²) in [5.74, 6) is 0.0263. The van der Waals surface area contributed by atoms with Crippen LogP contribution in [-0.4, -0.2) is 41.0 Å². The van der Waals surface area contributed by atoms with E-state index < -0.39 is 12.1 Å². The van der Waals surface area contributed by atoms with Gasteiger partial charge in [0.25, 0.3) is 0 Å². The highest BCUT2D eigenvalue weighted by molar-refractivity contribution is 5.91. The van der Waals surface area contributed by atoms with Crippen LogP contribution in [0.2, 0.25) is 0 Å². The molecule has 8 heteroatoms. The van der Waals surface area contributed by atoms with Gasteiger partial charge in [-0.05, 0) is 24.8 Å². The molecule has 1 fully saturated rings. The maximum absolute atomic E-state index is 10.8. The number of aliphatic hydroxyl groups excluding tert-OH is 1. The van der Waals surface area contributed by atoms with E-state index >= 15 is 0 Å². The summed E-state index contributed by atoms with van der Waals surface area (Å²) in [5.41, 5.74) is 1.69. The number of hydrogen-bond donors (Lipinski definition) is 3. The van der Waals surface area contributed by atoms with E-state index in [1.807, 2.05) is 12.1 Å². The van der Waals surface area contributed by atoms with Gasteiger partial charge in [-0.1, -0.05) is 12.8 Å². The molecule has 0 saturated heterocycles. The topological polar surface area (TPSA) is 124 Å². The fourth-order valence-electron chi connectivity index (χ4n) is 3.79. The van der Waals surface area contributed by atoms with Crippen molar-refractivity contribution in [2.24, 2.45) is 5.92 Å². The third-order valence-corrected chi connectivity index (χ3v) is 5.00. The van der Waals surface area contributed by atoms with Crippen LogP contribution in [0.5, 0.6) is 5.88 Å². The summed E-state index contributed by atoms with van der Waals surface area (Å²) in [6.45, 7) is 0. The molecule has 0 bridgehead atoms. The molecule has 1 saturated carbocycles. The number of H-pyrrole nitrogens is 1. The van der Waals surface area contributed by atoms with Crippen LogP contribution in [0.4, 0.5) is 0 Å². The number of aliphatic hydroxyl groups is 1. The van der Waals surface area contributed by atoms with Crippen molar-refractivity contribution in [3.63, 3.8) is 0 Å². The van der Waals surface area contributed by atoms with Gasteiger partial charge in [0.15, 0.2) is 6.10 Å². The highest BCUT2D eigenvalue weighted by Crippen LogP contribution is 2.40. The predicted molar refractivity (Wildman–Crippen MR) is 89.4 cm³/mol. The number of fused-ring (bicyclic) bond motifs is 1. The summed E-state index contributed by atoms with van der Waals surface area (Å²) >= 11 is 0. The first kappa shape index (κ1) is 15.6. The van der Waals surface area contributed by atoms with Crippen LogP contribution in [0.25, 0.3) is 22.3 Å². The van der Waals surface area contributed by atoms with Gasteiger partial charge < -0.3 is 15.2 Å². The van der Waals surface area contributed by atoms with Gasteiger partial charge in [0.2, 0.25) is 5.88 Å². The summed E-state index contributed by atoms with van der Waals surface area (Å²) in [6, 6.07) is 3.16. The summed E-state index contributed by atoms with van der Waals surface area (Å²) in [4.78, 5) is 11.4. The second-order valence-corrected chi connectivity index (χ2v) is 6.40. The summed E-state index contributed by atoms with van der Waals surface area (Å²) in [5, 5.41) is 35.2. The Morgan fingerprint density at radius 2 is 2.12 bits per heavy atom. The van der Waals surface area contributed by atoms with E-state index in [9.17, 15) is 15.5 Å². The zero-order valence-electron chi connectivity index (χ0n) is 13.5. The lowest BCUT2D eigenvalue weighted by Gasteiger charge is -2.25. The van der Waals surface area contributed by atoms with Crippen LogP contribution >= 0.6 is 0 Å². The molecule has 1 aliphatic rings. The molecule has 128 valence electrons. The zero-order valence-corrected chi connectivity index (χ0v) is 13.5. The molecule has 4 rings (SSSR count). The Hall–Kier alpha value is -2.92. The van der Waals surface area contributed by atoms with Gasteiger partial charge in [-0.3, -0.25) is 0 Å². The smallest absolute Gasteiger partial charge is 0.219 e. The molecule has 0 spiro atoms. The van der Waals surface area contributed by atoms with Crippen LogP contribution in [0.1, 0.15) is 31.7 Å². The number of rotatable bonds is 4. The van der Waals surface area contributed by atoms with E-state index in [0.717, 1.165) is 31.1 Å². The SMILES string of the molecule is N#CC(O)C(C1CCCC1)n1ncc(-c2ncnc3[nH]ccc23)c1O. The molecule has 3 aromatic heterocycles. The molecule has 3 heterocycles. The van der Waals surface area contributed by atoms with E-state index in [1.165, 1.54) is 17.2 Å². The first-order chi connectivity index (χ1) is 12.2. The minimum absolute atomic E-state index is 0.0904. The number of aromatic amines is 1. The third-order valence-electron chi connectivity index (χ3n) is 5.00. The standard InChI is InChI=1S/C17H18N6O2/c18-7-13(24)15(10-3-1-2-4-10)23-17(25)12(8-22-23)14-11-5-6-19-16(11)21-9-20-14/h5-6,8-10,13,15,24-25H,1-4H2,(H,19,20,21). The second kappa shape index (κ2) is 6.18. The van der Waals surface area contributed by atoms with Crippen LogP contribution in [-0.2, 0) is 0 Å². The lowest BCUT2D eigenvalue weighted by molar-refractivity contribution is 0.108. The number of aromatic nitrogens is 5. The maximum atomic E-state index is 10.8. The average molecular weight is 338 g/mol. The lowest BCUT2D eigenvalue weighted by atomic mass is 9.94. The molecule has 2 atom stereocenters. The Morgan fingerprint density at radius 1 is 1.32 bits per heavy atom. The van der Waals surface area contributed by atoms with Crippen molar-refractivity contribution in [1.29, 1.82) is 5.26 Å². The number of nitriles is 1. The average Bonchev–Trinajstić information content (AvgIpc) is 3.36. The summed E-state index contributed by atoms with van der Waals surface area (Å²) in [6.07, 6.45) is 7.42. The first-order valence-corrected chi connectivity index (χ1v) is 8.33. The van der Waals surface area contributed by atoms with Gasteiger partial charge in [-0.2, -0.15) is 10.4 Å². The highest BCUT2D eigenvalue weighted by atomic mass is 16.3. The molecule has 3 aromatic rings. The molecule has 0 aromatic carbocycles. The summed E-state index contributed by atoms with van der Waals surface area (Å²) in [7, 11) is 0. The van der Waals surface area contributed by atoms with Crippen LogP contribution in [0.3, 0.4) is 0 Å². The van der Waals surface area contributed by atoms with Crippen molar-refractivity contribution in [2.45, 2.75) is 37.8 Å². The van der Waals surface area contributed by atoms with Gasteiger partial charge in [0.05, 0.1) is 29.6 Å². The van der Waals surface area contributed by atoms with Crippen molar-refractivity contribution in [1.82, 2.24) is 24.7 Å². The molecule has 0 radical (unpaired) electrons. The molecule has 0 amide bonds. The summed E-state index contributed by atoms with van der Waals surface area (Å²) < 4.78 is 1.37. The number of aromatic hydroxyl groups is 1. The molecule has 2 unspecified atom stereocenters. The van der Waals surface area contributed by atoms with Crippen LogP contribution in [0.15, 0.2) is 24.8 Å². The second-order valence-electron chi connectivity index (χ2n) is 6.40. The number of nitrogens with zero attached hydrogens (tertiary/aromatic N) is 5. The molecular weight excluding hydrogens is 320 g/mol. The van der Waals surface area contributed by atoms with Crippen LogP contribution in [0, 0.1) is 17.2 Å². The lowest BCUT2D eigenvalue weighted by Crippen LogP contribution is -2.29. The predicted octanol–water partition coefficient (Wildman–Crippen LogP) is 2.14. The van der Waals surface area contributed by atoms with Gasteiger partial charge in [-0.15, -0.1) is 0 Å². The molecule has 25 heavy (non-hydrogen) atoms.